The third-order valence-corrected chi connectivity index (χ3v) is 2.84. The molecular weight excluding hydrogens is 208 g/mol. The second-order valence-corrected chi connectivity index (χ2v) is 4.12. The molecule has 3 nitrogen and oxygen atoms in total. The number of nitrogens with one attached hydrogen (secondary N) is 1. The summed E-state index contributed by atoms with van der Waals surface area (Å²) in [6, 6.07) is 4.43. The molecule has 0 aliphatic rings. The van der Waals surface area contributed by atoms with Crippen molar-refractivity contribution >= 4 is 17.4 Å². The van der Waals surface area contributed by atoms with Crippen LogP contribution < -0.4 is 5.32 Å². The summed E-state index contributed by atoms with van der Waals surface area (Å²) >= 11 is 1.65. The second kappa shape index (κ2) is 6.69. The van der Waals surface area contributed by atoms with E-state index in [0.29, 0.717) is 6.04 Å². The predicted octanol–water partition coefficient (Wildman–Crippen LogP) is 2.64. The van der Waals surface area contributed by atoms with Crippen molar-refractivity contribution in [2.45, 2.75) is 24.4 Å². The SMILES string of the molecule is CCC(COC)Nc1ccc(SC)nc1. The van der Waals surface area contributed by atoms with Crippen LogP contribution in [0.2, 0.25) is 0 Å². The fraction of sp³-hybridized carbons (Fsp3) is 0.545. The minimum absolute atomic E-state index is 0.358. The number of methoxy groups -OCH3 is 1. The molecule has 1 aromatic rings. The van der Waals surface area contributed by atoms with E-state index in [1.54, 1.807) is 18.9 Å². The fourth-order valence-corrected chi connectivity index (χ4v) is 1.65. The van der Waals surface area contributed by atoms with E-state index in [0.717, 1.165) is 23.7 Å². The van der Waals surface area contributed by atoms with Crippen LogP contribution >= 0.6 is 11.8 Å². The Morgan fingerprint density at radius 3 is 2.80 bits per heavy atom. The molecule has 1 heterocycles. The van der Waals surface area contributed by atoms with Gasteiger partial charge in [-0.25, -0.2) is 4.98 Å². The highest BCUT2D eigenvalue weighted by molar-refractivity contribution is 7.98. The average Bonchev–Trinajstić information content (AvgIpc) is 2.29. The molecule has 84 valence electrons. The summed E-state index contributed by atoms with van der Waals surface area (Å²) < 4.78 is 5.12. The molecule has 0 aliphatic carbocycles. The number of aromatic nitrogens is 1. The molecule has 0 aromatic carbocycles. The Labute approximate surface area is 95.6 Å². The molecule has 0 aliphatic heterocycles. The second-order valence-electron chi connectivity index (χ2n) is 3.29. The summed E-state index contributed by atoms with van der Waals surface area (Å²) in [6.45, 7) is 2.86. The zero-order valence-corrected chi connectivity index (χ0v) is 10.3. The minimum Gasteiger partial charge on any atom is -0.383 e. The van der Waals surface area contributed by atoms with Gasteiger partial charge in [0.05, 0.1) is 23.5 Å². The lowest BCUT2D eigenvalue weighted by Gasteiger charge is -2.16. The topological polar surface area (TPSA) is 34.1 Å². The molecule has 0 bridgehead atoms. The molecular formula is C11H18N2OS. The number of anilines is 1. The summed E-state index contributed by atoms with van der Waals surface area (Å²) in [4.78, 5) is 4.30. The lowest BCUT2D eigenvalue weighted by molar-refractivity contribution is 0.184. The number of nitrogens with zero attached hydrogens (tertiary/aromatic N) is 1. The Hall–Kier alpha value is -0.740. The van der Waals surface area contributed by atoms with Crippen molar-refractivity contribution in [3.63, 3.8) is 0 Å². The van der Waals surface area contributed by atoms with E-state index in [1.807, 2.05) is 18.5 Å². The number of hydrogen-bond acceptors (Lipinski definition) is 4. The Bertz CT molecular complexity index is 276. The monoisotopic (exact) mass is 226 g/mol. The maximum absolute atomic E-state index is 5.12. The van der Waals surface area contributed by atoms with Crippen molar-refractivity contribution in [2.24, 2.45) is 0 Å². The van der Waals surface area contributed by atoms with Gasteiger partial charge >= 0.3 is 0 Å². The van der Waals surface area contributed by atoms with Gasteiger partial charge < -0.3 is 10.1 Å². The van der Waals surface area contributed by atoms with Gasteiger partial charge in [0.15, 0.2) is 0 Å². The first-order valence-electron chi connectivity index (χ1n) is 5.05. The van der Waals surface area contributed by atoms with Gasteiger partial charge in [0, 0.05) is 13.2 Å². The van der Waals surface area contributed by atoms with Gasteiger partial charge in [-0.3, -0.25) is 0 Å². The minimum atomic E-state index is 0.358. The highest BCUT2D eigenvalue weighted by Crippen LogP contribution is 2.15. The first-order valence-corrected chi connectivity index (χ1v) is 6.28. The van der Waals surface area contributed by atoms with Crippen LogP contribution in [0.15, 0.2) is 23.4 Å². The smallest absolute Gasteiger partial charge is 0.0958 e. The van der Waals surface area contributed by atoms with Crippen LogP contribution in [0.3, 0.4) is 0 Å². The molecule has 0 saturated carbocycles. The predicted molar refractivity (Wildman–Crippen MR) is 65.6 cm³/mol. The molecule has 0 spiro atoms. The van der Waals surface area contributed by atoms with Crippen molar-refractivity contribution in [3.8, 4) is 0 Å². The number of thioether (sulfide) groups is 1. The highest BCUT2D eigenvalue weighted by Gasteiger charge is 2.05. The number of pyridine rings is 1. The molecule has 0 radical (unpaired) electrons. The van der Waals surface area contributed by atoms with Gasteiger partial charge in [0.2, 0.25) is 0 Å². The molecule has 1 unspecified atom stereocenters. The Kier molecular flexibility index (Phi) is 5.50. The van der Waals surface area contributed by atoms with Gasteiger partial charge in [-0.05, 0) is 24.8 Å². The molecule has 0 fully saturated rings. The molecule has 1 aromatic heterocycles. The molecule has 1 atom stereocenters. The summed E-state index contributed by atoms with van der Waals surface area (Å²) in [5.41, 5.74) is 1.05. The number of rotatable bonds is 6. The average molecular weight is 226 g/mol. The maximum atomic E-state index is 5.12. The Morgan fingerprint density at radius 2 is 2.33 bits per heavy atom. The maximum Gasteiger partial charge on any atom is 0.0958 e. The van der Waals surface area contributed by atoms with Gasteiger partial charge in [-0.1, -0.05) is 6.92 Å². The molecule has 1 rings (SSSR count). The van der Waals surface area contributed by atoms with E-state index in [9.17, 15) is 0 Å². The normalized spacial score (nSPS) is 12.5. The Morgan fingerprint density at radius 1 is 1.53 bits per heavy atom. The highest BCUT2D eigenvalue weighted by atomic mass is 32.2. The zero-order chi connectivity index (χ0) is 11.1. The van der Waals surface area contributed by atoms with Crippen LogP contribution in [0, 0.1) is 0 Å². The summed E-state index contributed by atoms with van der Waals surface area (Å²) in [7, 11) is 1.72. The molecule has 0 saturated heterocycles. The number of ether oxygens (including phenoxy) is 1. The molecule has 1 N–H and O–H groups in total. The van der Waals surface area contributed by atoms with E-state index in [2.05, 4.69) is 23.3 Å². The van der Waals surface area contributed by atoms with Crippen LogP contribution in [0.5, 0.6) is 0 Å². The van der Waals surface area contributed by atoms with Crippen molar-refractivity contribution in [1.29, 1.82) is 0 Å². The van der Waals surface area contributed by atoms with Gasteiger partial charge in [-0.15, -0.1) is 11.8 Å². The molecule has 4 heteroatoms. The molecule has 15 heavy (non-hydrogen) atoms. The summed E-state index contributed by atoms with van der Waals surface area (Å²) in [6.07, 6.45) is 4.93. The summed E-state index contributed by atoms with van der Waals surface area (Å²) in [5, 5.41) is 4.43. The van der Waals surface area contributed by atoms with Crippen molar-refractivity contribution in [1.82, 2.24) is 4.98 Å². The van der Waals surface area contributed by atoms with Gasteiger partial charge in [-0.2, -0.15) is 0 Å². The quantitative estimate of drug-likeness (QED) is 0.756. The van der Waals surface area contributed by atoms with E-state index in [4.69, 9.17) is 4.74 Å². The Balaban J connectivity index is 2.55. The lowest BCUT2D eigenvalue weighted by atomic mass is 10.2. The van der Waals surface area contributed by atoms with Crippen LogP contribution in [-0.2, 0) is 4.74 Å². The van der Waals surface area contributed by atoms with E-state index >= 15 is 0 Å². The lowest BCUT2D eigenvalue weighted by Crippen LogP contribution is -2.23. The summed E-state index contributed by atoms with van der Waals surface area (Å²) in [5.74, 6) is 0. The van der Waals surface area contributed by atoms with Crippen LogP contribution in [0.4, 0.5) is 5.69 Å². The largest absolute Gasteiger partial charge is 0.383 e. The van der Waals surface area contributed by atoms with Crippen molar-refractivity contribution < 1.29 is 4.74 Å². The van der Waals surface area contributed by atoms with Gasteiger partial charge in [0.25, 0.3) is 0 Å². The number of hydrogen-bond donors (Lipinski definition) is 1. The van der Waals surface area contributed by atoms with Crippen molar-refractivity contribution in [3.05, 3.63) is 18.3 Å². The zero-order valence-electron chi connectivity index (χ0n) is 9.49. The van der Waals surface area contributed by atoms with Crippen LogP contribution in [0.25, 0.3) is 0 Å². The van der Waals surface area contributed by atoms with Crippen molar-refractivity contribution in [2.75, 3.05) is 25.3 Å². The van der Waals surface area contributed by atoms with E-state index in [1.165, 1.54) is 0 Å². The first kappa shape index (κ1) is 12.3. The van der Waals surface area contributed by atoms with E-state index in [-0.39, 0.29) is 0 Å². The standard InChI is InChI=1S/C11H18N2OS/c1-4-9(8-14-2)13-10-5-6-11(15-3)12-7-10/h5-7,9,13H,4,8H2,1-3H3. The van der Waals surface area contributed by atoms with E-state index < -0.39 is 0 Å². The fourth-order valence-electron chi connectivity index (χ4n) is 1.28. The first-order chi connectivity index (χ1) is 7.30. The third kappa shape index (κ3) is 4.10. The van der Waals surface area contributed by atoms with Crippen LogP contribution in [0.1, 0.15) is 13.3 Å². The molecule has 0 amide bonds. The third-order valence-electron chi connectivity index (χ3n) is 2.18. The van der Waals surface area contributed by atoms with Gasteiger partial charge in [0.1, 0.15) is 0 Å². The van der Waals surface area contributed by atoms with Crippen LogP contribution in [-0.4, -0.2) is 31.0 Å².